The second kappa shape index (κ2) is 9.08. The van der Waals surface area contributed by atoms with Crippen LogP contribution in [0, 0.1) is 6.92 Å². The first-order valence-corrected chi connectivity index (χ1v) is 12.1. The van der Waals surface area contributed by atoms with Gasteiger partial charge in [0.1, 0.15) is 10.7 Å². The number of carbonyl (C=O) groups is 1. The van der Waals surface area contributed by atoms with Crippen LogP contribution in [0.4, 0.5) is 0 Å². The third-order valence-corrected chi connectivity index (χ3v) is 7.05. The molecule has 3 aromatic heterocycles. The average molecular weight is 475 g/mol. The van der Waals surface area contributed by atoms with Crippen molar-refractivity contribution in [3.63, 3.8) is 0 Å². The fraction of sp³-hybridized carbons (Fsp3) is 0.320. The molecule has 1 aromatic carbocycles. The van der Waals surface area contributed by atoms with Gasteiger partial charge in [0.05, 0.1) is 11.6 Å². The van der Waals surface area contributed by atoms with Gasteiger partial charge >= 0.3 is 0 Å². The summed E-state index contributed by atoms with van der Waals surface area (Å²) in [6.07, 6.45) is 4.00. The molecule has 1 amide bonds. The highest BCUT2D eigenvalue weighted by Crippen LogP contribution is 2.35. The third kappa shape index (κ3) is 4.49. The number of benzene rings is 1. The first-order chi connectivity index (χ1) is 16.4. The van der Waals surface area contributed by atoms with E-state index in [1.807, 2.05) is 54.5 Å². The Kier molecular flexibility index (Phi) is 5.97. The Balaban J connectivity index is 1.36. The molecule has 9 heteroatoms. The molecule has 0 spiro atoms. The lowest BCUT2D eigenvalue weighted by Gasteiger charge is -2.22. The van der Waals surface area contributed by atoms with Crippen molar-refractivity contribution in [3.8, 4) is 11.5 Å². The molecular formula is C25H26N6O2S. The van der Waals surface area contributed by atoms with Crippen molar-refractivity contribution in [2.45, 2.75) is 44.7 Å². The van der Waals surface area contributed by atoms with Crippen molar-refractivity contribution in [1.82, 2.24) is 25.1 Å². The monoisotopic (exact) mass is 474 g/mol. The fourth-order valence-electron chi connectivity index (χ4n) is 4.29. The van der Waals surface area contributed by atoms with E-state index in [1.165, 1.54) is 0 Å². The first kappa shape index (κ1) is 22.4. The standard InChI is InChI=1S/C25H26N6O2S/c1-16-15-34-22(28-16)20-9-6-12-31(20)23(32)19-13-18(10-11-27-19)21-29-30-24(33-21)25(2,26)14-17-7-4-3-5-8-17/h3-5,7-8,10-11,13,15,20H,6,9,12,14,26H2,1-2H3/t20-,25+/m1/s1. The molecule has 1 aliphatic heterocycles. The molecule has 1 saturated heterocycles. The van der Waals surface area contributed by atoms with E-state index in [2.05, 4.69) is 20.2 Å². The zero-order chi connectivity index (χ0) is 23.7. The summed E-state index contributed by atoms with van der Waals surface area (Å²) in [6, 6.07) is 13.4. The topological polar surface area (TPSA) is 111 Å². The highest BCUT2D eigenvalue weighted by molar-refractivity contribution is 7.09. The number of nitrogens with two attached hydrogens (primary N) is 1. The van der Waals surface area contributed by atoms with Gasteiger partial charge in [-0.1, -0.05) is 30.3 Å². The molecule has 0 saturated carbocycles. The molecular weight excluding hydrogens is 448 g/mol. The number of likely N-dealkylation sites (tertiary alicyclic amines) is 1. The molecule has 34 heavy (non-hydrogen) atoms. The molecule has 2 atom stereocenters. The minimum absolute atomic E-state index is 0.0115. The number of rotatable bonds is 6. The van der Waals surface area contributed by atoms with Crippen LogP contribution in [0.3, 0.4) is 0 Å². The summed E-state index contributed by atoms with van der Waals surface area (Å²) in [5.41, 5.74) is 8.73. The zero-order valence-electron chi connectivity index (χ0n) is 19.1. The molecule has 2 N–H and O–H groups in total. The smallest absolute Gasteiger partial charge is 0.273 e. The van der Waals surface area contributed by atoms with Gasteiger partial charge in [-0.3, -0.25) is 9.78 Å². The highest BCUT2D eigenvalue weighted by Gasteiger charge is 2.33. The van der Waals surface area contributed by atoms with Crippen molar-refractivity contribution < 1.29 is 9.21 Å². The quantitative estimate of drug-likeness (QED) is 0.444. The zero-order valence-corrected chi connectivity index (χ0v) is 20.0. The van der Waals surface area contributed by atoms with Gasteiger partial charge in [0.2, 0.25) is 11.8 Å². The van der Waals surface area contributed by atoms with Crippen LogP contribution in [-0.2, 0) is 12.0 Å². The van der Waals surface area contributed by atoms with Crippen LogP contribution in [0.2, 0.25) is 0 Å². The van der Waals surface area contributed by atoms with Gasteiger partial charge in [0, 0.05) is 29.4 Å². The van der Waals surface area contributed by atoms with Gasteiger partial charge in [-0.2, -0.15) is 0 Å². The normalized spacial score (nSPS) is 17.6. The first-order valence-electron chi connectivity index (χ1n) is 11.3. The largest absolute Gasteiger partial charge is 0.419 e. The van der Waals surface area contributed by atoms with Crippen LogP contribution >= 0.6 is 11.3 Å². The van der Waals surface area contributed by atoms with Crippen molar-refractivity contribution in [3.05, 3.63) is 81.9 Å². The number of hydrogen-bond donors (Lipinski definition) is 1. The second-order valence-corrected chi connectivity index (χ2v) is 9.80. The van der Waals surface area contributed by atoms with E-state index in [4.69, 9.17) is 10.2 Å². The fourth-order valence-corrected chi connectivity index (χ4v) is 5.23. The lowest BCUT2D eigenvalue weighted by atomic mass is 9.94. The van der Waals surface area contributed by atoms with Gasteiger partial charge in [-0.25, -0.2) is 4.98 Å². The van der Waals surface area contributed by atoms with Crippen LogP contribution in [0.1, 0.15) is 58.5 Å². The van der Waals surface area contributed by atoms with Crippen molar-refractivity contribution in [2.75, 3.05) is 6.54 Å². The van der Waals surface area contributed by atoms with Crippen molar-refractivity contribution in [1.29, 1.82) is 0 Å². The average Bonchev–Trinajstić information content (AvgIpc) is 3.59. The summed E-state index contributed by atoms with van der Waals surface area (Å²) in [7, 11) is 0. The van der Waals surface area contributed by atoms with Crippen LogP contribution in [0.5, 0.6) is 0 Å². The van der Waals surface area contributed by atoms with Gasteiger partial charge in [-0.05, 0) is 50.8 Å². The summed E-state index contributed by atoms with van der Waals surface area (Å²) in [6.45, 7) is 4.52. The van der Waals surface area contributed by atoms with Crippen molar-refractivity contribution in [2.24, 2.45) is 5.73 Å². The highest BCUT2D eigenvalue weighted by atomic mass is 32.1. The summed E-state index contributed by atoms with van der Waals surface area (Å²) in [5.74, 6) is 0.532. The van der Waals surface area contributed by atoms with Gasteiger partial charge < -0.3 is 15.1 Å². The maximum absolute atomic E-state index is 13.3. The van der Waals surface area contributed by atoms with Crippen molar-refractivity contribution >= 4 is 17.2 Å². The number of hydrogen-bond acceptors (Lipinski definition) is 8. The summed E-state index contributed by atoms with van der Waals surface area (Å²) in [4.78, 5) is 24.1. The lowest BCUT2D eigenvalue weighted by Crippen LogP contribution is -2.35. The Labute approximate surface area is 201 Å². The molecule has 4 aromatic rings. The Bertz CT molecular complexity index is 1300. The summed E-state index contributed by atoms with van der Waals surface area (Å²) >= 11 is 1.60. The van der Waals surface area contributed by atoms with Crippen LogP contribution in [0.25, 0.3) is 11.5 Å². The number of carbonyl (C=O) groups excluding carboxylic acids is 1. The number of aromatic nitrogens is 4. The minimum Gasteiger partial charge on any atom is -0.419 e. The number of pyridine rings is 1. The van der Waals surface area contributed by atoms with E-state index in [9.17, 15) is 4.79 Å². The number of thiazole rings is 1. The van der Waals surface area contributed by atoms with E-state index in [-0.39, 0.29) is 11.9 Å². The predicted molar refractivity (Wildman–Crippen MR) is 129 cm³/mol. The van der Waals surface area contributed by atoms with Gasteiger partial charge in [-0.15, -0.1) is 21.5 Å². The maximum Gasteiger partial charge on any atom is 0.273 e. The Morgan fingerprint density at radius 2 is 2.09 bits per heavy atom. The molecule has 1 fully saturated rings. The Hall–Kier alpha value is -3.43. The second-order valence-electron chi connectivity index (χ2n) is 8.91. The van der Waals surface area contributed by atoms with E-state index in [0.29, 0.717) is 36.0 Å². The Morgan fingerprint density at radius 1 is 1.26 bits per heavy atom. The molecule has 174 valence electrons. The van der Waals surface area contributed by atoms with Gasteiger partial charge in [0.25, 0.3) is 5.91 Å². The number of nitrogens with zero attached hydrogens (tertiary/aromatic N) is 5. The molecule has 0 bridgehead atoms. The molecule has 0 radical (unpaired) electrons. The van der Waals surface area contributed by atoms with E-state index < -0.39 is 5.54 Å². The molecule has 0 aliphatic carbocycles. The molecule has 5 rings (SSSR count). The van der Waals surface area contributed by atoms with Crippen LogP contribution in [-0.4, -0.2) is 37.5 Å². The summed E-state index contributed by atoms with van der Waals surface area (Å²) in [5, 5.41) is 11.4. The van der Waals surface area contributed by atoms with Gasteiger partial charge in [0.15, 0.2) is 0 Å². The Morgan fingerprint density at radius 3 is 2.85 bits per heavy atom. The number of amides is 1. The molecule has 8 nitrogen and oxygen atoms in total. The van der Waals surface area contributed by atoms with Crippen LogP contribution < -0.4 is 5.73 Å². The van der Waals surface area contributed by atoms with E-state index in [1.54, 1.807) is 29.7 Å². The van der Waals surface area contributed by atoms with E-state index in [0.717, 1.165) is 29.1 Å². The third-order valence-electron chi connectivity index (χ3n) is 5.99. The molecule has 4 heterocycles. The van der Waals surface area contributed by atoms with E-state index >= 15 is 0 Å². The maximum atomic E-state index is 13.3. The van der Waals surface area contributed by atoms with Crippen LogP contribution in [0.15, 0.2) is 58.5 Å². The predicted octanol–water partition coefficient (Wildman–Crippen LogP) is 4.29. The molecule has 1 aliphatic rings. The number of aryl methyl sites for hydroxylation is 1. The lowest BCUT2D eigenvalue weighted by molar-refractivity contribution is 0.0729. The summed E-state index contributed by atoms with van der Waals surface area (Å²) < 4.78 is 5.95. The molecule has 0 unspecified atom stereocenters. The minimum atomic E-state index is -0.826. The SMILES string of the molecule is Cc1csc([C@H]2CCCN2C(=O)c2cc(-c3nnc([C@@](C)(N)Cc4ccccc4)o3)ccn2)n1.